The molecular formula is C13H18N4O3S. The molecule has 0 aliphatic rings. The van der Waals surface area contributed by atoms with E-state index in [-0.39, 0.29) is 6.29 Å². The number of thioether (sulfide) groups is 1. The lowest BCUT2D eigenvalue weighted by atomic mass is 10.2. The van der Waals surface area contributed by atoms with Crippen LogP contribution in [0.3, 0.4) is 0 Å². The number of tetrazole rings is 1. The molecule has 0 aliphatic carbocycles. The third kappa shape index (κ3) is 5.09. The van der Waals surface area contributed by atoms with Gasteiger partial charge in [0.2, 0.25) is 5.16 Å². The first kappa shape index (κ1) is 15.9. The van der Waals surface area contributed by atoms with Crippen molar-refractivity contribution in [1.82, 2.24) is 20.2 Å². The zero-order valence-electron chi connectivity index (χ0n) is 12.0. The van der Waals surface area contributed by atoms with Crippen molar-refractivity contribution in [2.75, 3.05) is 20.2 Å². The summed E-state index contributed by atoms with van der Waals surface area (Å²) in [5.74, 6) is 0.472. The second-order valence-electron chi connectivity index (χ2n) is 4.14. The molecule has 0 amide bonds. The van der Waals surface area contributed by atoms with Crippen molar-refractivity contribution in [1.29, 1.82) is 0 Å². The van der Waals surface area contributed by atoms with E-state index in [0.29, 0.717) is 24.2 Å². The molecule has 21 heavy (non-hydrogen) atoms. The third-order valence-corrected chi connectivity index (χ3v) is 3.56. The zero-order valence-corrected chi connectivity index (χ0v) is 12.8. The number of benzene rings is 1. The lowest BCUT2D eigenvalue weighted by Crippen LogP contribution is -2.22. The quantitative estimate of drug-likeness (QED) is 0.395. The molecule has 0 spiro atoms. The summed E-state index contributed by atoms with van der Waals surface area (Å²) < 4.78 is 17.5. The molecule has 7 nitrogen and oxygen atoms in total. The van der Waals surface area contributed by atoms with E-state index in [1.54, 1.807) is 18.9 Å². The van der Waals surface area contributed by atoms with Gasteiger partial charge in [-0.15, -0.1) is 5.10 Å². The zero-order chi connectivity index (χ0) is 14.9. The predicted octanol–water partition coefficient (Wildman–Crippen LogP) is 1.56. The molecule has 0 bridgehead atoms. The highest BCUT2D eigenvalue weighted by Gasteiger charge is 2.12. The van der Waals surface area contributed by atoms with Crippen LogP contribution in [-0.2, 0) is 27.4 Å². The Morgan fingerprint density at radius 3 is 2.67 bits per heavy atom. The summed E-state index contributed by atoms with van der Waals surface area (Å²) in [4.78, 5) is 0. The molecule has 0 atom stereocenters. The summed E-state index contributed by atoms with van der Waals surface area (Å²) in [6.07, 6.45) is -0.377. The van der Waals surface area contributed by atoms with Gasteiger partial charge in [-0.1, -0.05) is 42.1 Å². The van der Waals surface area contributed by atoms with Crippen LogP contribution in [0, 0.1) is 0 Å². The van der Waals surface area contributed by atoms with Crippen LogP contribution in [-0.4, -0.2) is 46.7 Å². The summed E-state index contributed by atoms with van der Waals surface area (Å²) in [5.41, 5.74) is 1.14. The molecule has 1 aromatic heterocycles. The second-order valence-corrected chi connectivity index (χ2v) is 5.03. The van der Waals surface area contributed by atoms with Crippen LogP contribution < -0.4 is 0 Å². The molecule has 0 saturated heterocycles. The fourth-order valence-electron chi connectivity index (χ4n) is 1.63. The Kier molecular flexibility index (Phi) is 6.61. The van der Waals surface area contributed by atoms with E-state index in [1.165, 1.54) is 11.8 Å². The molecule has 0 aliphatic heterocycles. The highest BCUT2D eigenvalue weighted by molar-refractivity contribution is 7.99. The van der Waals surface area contributed by atoms with Gasteiger partial charge in [-0.3, -0.25) is 0 Å². The number of rotatable bonds is 9. The molecular weight excluding hydrogens is 292 g/mol. The van der Waals surface area contributed by atoms with Gasteiger partial charge in [-0.25, -0.2) is 4.68 Å². The first-order valence-electron chi connectivity index (χ1n) is 6.39. The molecule has 0 saturated carbocycles. The van der Waals surface area contributed by atoms with Crippen LogP contribution in [0.5, 0.6) is 0 Å². The lowest BCUT2D eigenvalue weighted by Gasteiger charge is -2.13. The van der Waals surface area contributed by atoms with E-state index >= 15 is 0 Å². The molecule has 114 valence electrons. The summed E-state index contributed by atoms with van der Waals surface area (Å²) >= 11 is 1.43. The molecule has 2 aromatic rings. The maximum absolute atomic E-state index is 5.60. The van der Waals surface area contributed by atoms with Gasteiger partial charge in [0.25, 0.3) is 0 Å². The first-order chi connectivity index (χ1) is 10.3. The minimum absolute atomic E-state index is 0.377. The average molecular weight is 310 g/mol. The van der Waals surface area contributed by atoms with Crippen LogP contribution in [0.15, 0.2) is 35.5 Å². The molecule has 0 fully saturated rings. The molecule has 0 N–H and O–H groups in total. The highest BCUT2D eigenvalue weighted by Crippen LogP contribution is 2.15. The van der Waals surface area contributed by atoms with Crippen LogP contribution in [0.2, 0.25) is 0 Å². The van der Waals surface area contributed by atoms with Crippen molar-refractivity contribution in [3.05, 3.63) is 35.9 Å². The van der Waals surface area contributed by atoms with Crippen LogP contribution in [0.1, 0.15) is 5.56 Å². The third-order valence-electron chi connectivity index (χ3n) is 2.73. The van der Waals surface area contributed by atoms with Crippen molar-refractivity contribution < 1.29 is 14.2 Å². The Labute approximate surface area is 127 Å². The van der Waals surface area contributed by atoms with Crippen molar-refractivity contribution in [3.63, 3.8) is 0 Å². The number of aromatic nitrogens is 4. The Balaban J connectivity index is 1.77. The van der Waals surface area contributed by atoms with Crippen molar-refractivity contribution in [3.8, 4) is 0 Å². The van der Waals surface area contributed by atoms with Crippen molar-refractivity contribution in [2.24, 2.45) is 0 Å². The predicted molar refractivity (Wildman–Crippen MR) is 77.6 cm³/mol. The van der Waals surface area contributed by atoms with Gasteiger partial charge < -0.3 is 14.2 Å². The normalized spacial score (nSPS) is 11.2. The highest BCUT2D eigenvalue weighted by atomic mass is 32.2. The van der Waals surface area contributed by atoms with Gasteiger partial charge in [-0.05, 0) is 16.0 Å². The van der Waals surface area contributed by atoms with E-state index in [9.17, 15) is 0 Å². The molecule has 8 heteroatoms. The fraction of sp³-hybridized carbons (Fsp3) is 0.462. The number of nitrogens with zero attached hydrogens (tertiary/aromatic N) is 4. The van der Waals surface area contributed by atoms with Gasteiger partial charge in [0.15, 0.2) is 6.29 Å². The summed E-state index contributed by atoms with van der Waals surface area (Å²) in [6.45, 7) is 0.995. The average Bonchev–Trinajstić information content (AvgIpc) is 2.97. The number of methoxy groups -OCH3 is 2. The Morgan fingerprint density at radius 2 is 1.95 bits per heavy atom. The van der Waals surface area contributed by atoms with Gasteiger partial charge in [0, 0.05) is 14.2 Å². The van der Waals surface area contributed by atoms with E-state index in [0.717, 1.165) is 5.56 Å². The van der Waals surface area contributed by atoms with Gasteiger partial charge >= 0.3 is 0 Å². The van der Waals surface area contributed by atoms with Crippen LogP contribution >= 0.6 is 11.8 Å². The number of ether oxygens (including phenoxy) is 3. The Hall–Kier alpha value is -1.48. The molecule has 1 aromatic carbocycles. The standard InChI is InChI=1S/C13H18N4O3S/c1-18-12(19-2)8-17-13(14-15-16-17)21-10-20-9-11-6-4-3-5-7-11/h3-7,12H,8-10H2,1-2H3. The van der Waals surface area contributed by atoms with E-state index in [1.807, 2.05) is 30.3 Å². The topological polar surface area (TPSA) is 71.3 Å². The minimum Gasteiger partial charge on any atom is -0.366 e. The van der Waals surface area contributed by atoms with Crippen LogP contribution in [0.4, 0.5) is 0 Å². The SMILES string of the molecule is COC(Cn1nnnc1SCOCc1ccccc1)OC. The summed E-state index contributed by atoms with van der Waals surface area (Å²) in [7, 11) is 3.16. The smallest absolute Gasteiger partial charge is 0.211 e. The Morgan fingerprint density at radius 1 is 1.19 bits per heavy atom. The minimum atomic E-state index is -0.377. The Bertz CT molecular complexity index is 519. The first-order valence-corrected chi connectivity index (χ1v) is 7.38. The number of hydrogen-bond donors (Lipinski definition) is 0. The second kappa shape index (κ2) is 8.73. The van der Waals surface area contributed by atoms with E-state index < -0.39 is 0 Å². The monoisotopic (exact) mass is 310 g/mol. The maximum atomic E-state index is 5.60. The van der Waals surface area contributed by atoms with Gasteiger partial charge in [-0.2, -0.15) is 0 Å². The van der Waals surface area contributed by atoms with E-state index in [2.05, 4.69) is 15.5 Å². The molecule has 0 unspecified atom stereocenters. The van der Waals surface area contributed by atoms with Crippen LogP contribution in [0.25, 0.3) is 0 Å². The largest absolute Gasteiger partial charge is 0.366 e. The summed E-state index contributed by atoms with van der Waals surface area (Å²) in [6, 6.07) is 10.0. The lowest BCUT2D eigenvalue weighted by molar-refractivity contribution is -0.113. The van der Waals surface area contributed by atoms with Crippen molar-refractivity contribution in [2.45, 2.75) is 24.6 Å². The van der Waals surface area contributed by atoms with Gasteiger partial charge in [0.1, 0.15) is 5.94 Å². The molecule has 0 radical (unpaired) electrons. The van der Waals surface area contributed by atoms with Gasteiger partial charge in [0.05, 0.1) is 13.2 Å². The molecule has 2 rings (SSSR count). The molecule has 1 heterocycles. The number of hydrogen-bond acceptors (Lipinski definition) is 7. The summed E-state index contributed by atoms with van der Waals surface area (Å²) in [5, 5.41) is 12.2. The van der Waals surface area contributed by atoms with E-state index in [4.69, 9.17) is 14.2 Å². The maximum Gasteiger partial charge on any atom is 0.211 e. The fourth-order valence-corrected chi connectivity index (χ4v) is 2.26. The van der Waals surface area contributed by atoms with Crippen molar-refractivity contribution >= 4 is 11.8 Å².